The maximum Gasteiger partial charge on any atom is 0.309 e. The molecule has 8 N–H and O–H groups in total. The standard InChI is InChI=1S/C40H46O14/c1-50-32-15-22(5-7-30(32)43)36(45)28(17-41)26-11-20(13-34(52-3)38(26)47)9-24-19-54-40(49)25(24)10-21-12-27(39(48)35(14-21)53-4)29(18-42)37(46)23-6-8-31(44)33(16-23)51-2/h5-8,11-16,24-25,28-29,36-37,41-48H,9-10,17-19H2,1-4H3/t24-,25+,28-,29+,36-,37-/m1/s1. The zero-order valence-electron chi connectivity index (χ0n) is 30.3. The molecule has 4 aromatic rings. The first kappa shape index (κ1) is 39.8. The summed E-state index contributed by atoms with van der Waals surface area (Å²) in [6.07, 6.45) is -2.26. The molecule has 1 saturated heterocycles. The Morgan fingerprint density at radius 2 is 1.06 bits per heavy atom. The molecular formula is C40H46O14. The van der Waals surface area contributed by atoms with Crippen LogP contribution in [0.2, 0.25) is 0 Å². The van der Waals surface area contributed by atoms with Crippen LogP contribution in [0.25, 0.3) is 0 Å². The van der Waals surface area contributed by atoms with Crippen molar-refractivity contribution in [1.29, 1.82) is 0 Å². The van der Waals surface area contributed by atoms with Gasteiger partial charge in [-0.1, -0.05) is 24.3 Å². The monoisotopic (exact) mass is 750 g/mol. The normalized spacial score (nSPS) is 17.7. The van der Waals surface area contributed by atoms with Crippen molar-refractivity contribution in [2.75, 3.05) is 48.3 Å². The Morgan fingerprint density at radius 1 is 0.630 bits per heavy atom. The molecule has 0 unspecified atom stereocenters. The van der Waals surface area contributed by atoms with Crippen molar-refractivity contribution in [2.45, 2.75) is 36.9 Å². The number of phenolic OH excluding ortho intramolecular Hbond substituents is 4. The van der Waals surface area contributed by atoms with E-state index >= 15 is 0 Å². The highest BCUT2D eigenvalue weighted by Gasteiger charge is 2.38. The van der Waals surface area contributed by atoms with E-state index in [1.807, 2.05) is 0 Å². The number of methoxy groups -OCH3 is 4. The summed E-state index contributed by atoms with van der Waals surface area (Å²) in [7, 11) is 5.45. The lowest BCUT2D eigenvalue weighted by atomic mass is 9.82. The third-order valence-corrected chi connectivity index (χ3v) is 10.1. The van der Waals surface area contributed by atoms with Crippen LogP contribution in [0.15, 0.2) is 60.7 Å². The van der Waals surface area contributed by atoms with Crippen LogP contribution in [0.3, 0.4) is 0 Å². The van der Waals surface area contributed by atoms with E-state index in [1.165, 1.54) is 64.8 Å². The van der Waals surface area contributed by atoms with Crippen LogP contribution in [0.5, 0.6) is 46.0 Å². The van der Waals surface area contributed by atoms with Crippen LogP contribution in [-0.4, -0.2) is 95.1 Å². The summed E-state index contributed by atoms with van der Waals surface area (Å²) in [5.74, 6) is -4.06. The van der Waals surface area contributed by atoms with E-state index < -0.39 is 49.1 Å². The van der Waals surface area contributed by atoms with Gasteiger partial charge in [0.2, 0.25) is 0 Å². The Hall–Kier alpha value is -5.41. The zero-order valence-corrected chi connectivity index (χ0v) is 30.3. The molecule has 0 radical (unpaired) electrons. The minimum atomic E-state index is -1.34. The number of carbonyl (C=O) groups excluding carboxylic acids is 1. The molecule has 0 spiro atoms. The number of hydrogen-bond acceptors (Lipinski definition) is 14. The summed E-state index contributed by atoms with van der Waals surface area (Å²) in [4.78, 5) is 13.2. The van der Waals surface area contributed by atoms with Gasteiger partial charge in [-0.05, 0) is 71.5 Å². The van der Waals surface area contributed by atoms with E-state index in [0.717, 1.165) is 0 Å². The topological polar surface area (TPSA) is 225 Å². The van der Waals surface area contributed by atoms with Crippen LogP contribution in [0.1, 0.15) is 57.4 Å². The number of ether oxygens (including phenoxy) is 5. The molecule has 1 heterocycles. The van der Waals surface area contributed by atoms with Crippen molar-refractivity contribution >= 4 is 5.97 Å². The first-order valence-electron chi connectivity index (χ1n) is 17.2. The minimum absolute atomic E-state index is 0.0621. The van der Waals surface area contributed by atoms with Crippen LogP contribution in [0, 0.1) is 11.8 Å². The number of hydrogen-bond donors (Lipinski definition) is 8. The second kappa shape index (κ2) is 17.2. The molecule has 0 bridgehead atoms. The first-order chi connectivity index (χ1) is 25.9. The molecule has 290 valence electrons. The summed E-state index contributed by atoms with van der Waals surface area (Å²) in [6.45, 7) is -1.06. The Bertz CT molecular complexity index is 1940. The smallest absolute Gasteiger partial charge is 0.309 e. The van der Waals surface area contributed by atoms with Gasteiger partial charge in [-0.2, -0.15) is 0 Å². The Balaban J connectivity index is 1.45. The molecule has 0 aromatic heterocycles. The first-order valence-corrected chi connectivity index (χ1v) is 17.2. The summed E-state index contributed by atoms with van der Waals surface area (Å²) >= 11 is 0. The van der Waals surface area contributed by atoms with Crippen LogP contribution < -0.4 is 18.9 Å². The molecule has 6 atom stereocenters. The second-order valence-electron chi connectivity index (χ2n) is 13.2. The predicted octanol–water partition coefficient (Wildman–Crippen LogP) is 3.74. The van der Waals surface area contributed by atoms with Crippen LogP contribution in [-0.2, 0) is 22.4 Å². The number of aromatic hydroxyl groups is 4. The third-order valence-electron chi connectivity index (χ3n) is 10.1. The lowest BCUT2D eigenvalue weighted by molar-refractivity contribution is -0.141. The van der Waals surface area contributed by atoms with E-state index in [2.05, 4.69) is 0 Å². The molecule has 14 nitrogen and oxygen atoms in total. The van der Waals surface area contributed by atoms with Crippen molar-refractivity contribution in [3.8, 4) is 46.0 Å². The van der Waals surface area contributed by atoms with Gasteiger partial charge in [0.1, 0.15) is 0 Å². The summed E-state index contributed by atoms with van der Waals surface area (Å²) in [6, 6.07) is 14.9. The fourth-order valence-electron chi connectivity index (χ4n) is 7.06. The zero-order chi connectivity index (χ0) is 39.3. The quantitative estimate of drug-likeness (QED) is 0.0765. The fraction of sp³-hybridized carbons (Fsp3) is 0.375. The maximum atomic E-state index is 13.2. The van der Waals surface area contributed by atoms with Crippen LogP contribution in [0.4, 0.5) is 0 Å². The predicted molar refractivity (Wildman–Crippen MR) is 194 cm³/mol. The highest BCUT2D eigenvalue weighted by Crippen LogP contribution is 2.45. The van der Waals surface area contributed by atoms with Gasteiger partial charge < -0.3 is 64.5 Å². The molecule has 0 amide bonds. The van der Waals surface area contributed by atoms with Crippen LogP contribution >= 0.6 is 0 Å². The molecule has 14 heteroatoms. The number of phenols is 4. The van der Waals surface area contributed by atoms with Gasteiger partial charge in [-0.3, -0.25) is 4.79 Å². The van der Waals surface area contributed by atoms with Gasteiger partial charge in [-0.15, -0.1) is 0 Å². The third kappa shape index (κ3) is 8.06. The van der Waals surface area contributed by atoms with Gasteiger partial charge >= 0.3 is 5.97 Å². The number of rotatable bonds is 16. The highest BCUT2D eigenvalue weighted by molar-refractivity contribution is 5.75. The number of aliphatic hydroxyl groups excluding tert-OH is 4. The van der Waals surface area contributed by atoms with Crippen molar-refractivity contribution in [2.24, 2.45) is 11.8 Å². The Labute approximate surface area is 312 Å². The fourth-order valence-corrected chi connectivity index (χ4v) is 7.06. The van der Waals surface area contributed by atoms with Gasteiger partial charge in [0.05, 0.1) is 66.4 Å². The van der Waals surface area contributed by atoms with E-state index in [-0.39, 0.29) is 82.5 Å². The summed E-state index contributed by atoms with van der Waals surface area (Å²) < 4.78 is 26.7. The molecule has 4 aromatic carbocycles. The van der Waals surface area contributed by atoms with Gasteiger partial charge in [0.25, 0.3) is 0 Å². The molecule has 54 heavy (non-hydrogen) atoms. The Morgan fingerprint density at radius 3 is 1.46 bits per heavy atom. The molecule has 1 fully saturated rings. The number of esters is 1. The molecular weight excluding hydrogens is 704 g/mol. The lowest BCUT2D eigenvalue weighted by Gasteiger charge is -2.26. The summed E-state index contributed by atoms with van der Waals surface area (Å²) in [5, 5.41) is 85.9. The largest absolute Gasteiger partial charge is 0.504 e. The van der Waals surface area contributed by atoms with Crippen molar-refractivity contribution in [3.63, 3.8) is 0 Å². The van der Waals surface area contributed by atoms with E-state index in [0.29, 0.717) is 22.3 Å². The number of cyclic esters (lactones) is 1. The van der Waals surface area contributed by atoms with Crippen molar-refractivity contribution in [1.82, 2.24) is 0 Å². The number of benzene rings is 4. The van der Waals surface area contributed by atoms with Gasteiger partial charge in [-0.25, -0.2) is 0 Å². The number of carbonyl (C=O) groups is 1. The lowest BCUT2D eigenvalue weighted by Crippen LogP contribution is -2.22. The maximum absolute atomic E-state index is 13.2. The molecule has 1 aliphatic rings. The second-order valence-corrected chi connectivity index (χ2v) is 13.2. The average Bonchev–Trinajstić information content (AvgIpc) is 3.51. The number of aliphatic hydroxyl groups is 4. The molecule has 1 aliphatic heterocycles. The molecule has 0 aliphatic carbocycles. The SMILES string of the molecule is COc1cc([C@@H](O)[C@H](CO)c2cc(C[C@@H]3COC(=O)[C@H]3Cc3cc(OC)c(O)c([C@H](CO)[C@H](O)c4ccc(O)c(OC)c4)c3)cc(OC)c2O)ccc1O. The average molecular weight is 751 g/mol. The van der Waals surface area contributed by atoms with E-state index in [4.69, 9.17) is 23.7 Å². The van der Waals surface area contributed by atoms with Crippen molar-refractivity contribution in [3.05, 3.63) is 94.0 Å². The van der Waals surface area contributed by atoms with Gasteiger partial charge in [0, 0.05) is 28.9 Å². The van der Waals surface area contributed by atoms with E-state index in [1.54, 1.807) is 24.3 Å². The van der Waals surface area contributed by atoms with Gasteiger partial charge in [0.15, 0.2) is 46.0 Å². The molecule has 5 rings (SSSR count). The highest BCUT2D eigenvalue weighted by atomic mass is 16.5. The Kier molecular flexibility index (Phi) is 12.6. The van der Waals surface area contributed by atoms with Crippen molar-refractivity contribution < 1.29 is 69.3 Å². The molecule has 0 saturated carbocycles. The van der Waals surface area contributed by atoms with E-state index in [9.17, 15) is 45.6 Å². The summed E-state index contributed by atoms with van der Waals surface area (Å²) in [5.41, 5.74) is 2.18. The minimum Gasteiger partial charge on any atom is -0.504 e.